The number of carboxylic acids is 1. The first-order valence-electron chi connectivity index (χ1n) is 6.01. The van der Waals surface area contributed by atoms with Gasteiger partial charge in [-0.25, -0.2) is 4.79 Å². The van der Waals surface area contributed by atoms with Crippen molar-refractivity contribution in [2.75, 3.05) is 0 Å². The summed E-state index contributed by atoms with van der Waals surface area (Å²) < 4.78 is 0. The number of phenols is 1. The molecule has 5 heteroatoms. The van der Waals surface area contributed by atoms with Crippen molar-refractivity contribution in [3.8, 4) is 5.75 Å². The van der Waals surface area contributed by atoms with E-state index in [0.717, 1.165) is 0 Å². The van der Waals surface area contributed by atoms with Crippen molar-refractivity contribution in [3.05, 3.63) is 29.8 Å². The minimum atomic E-state index is -1.07. The second-order valence-corrected chi connectivity index (χ2v) is 5.51. The predicted octanol–water partition coefficient (Wildman–Crippen LogP) is 1.55. The minimum Gasteiger partial charge on any atom is -0.508 e. The molecule has 0 fully saturated rings. The average Bonchev–Trinajstić information content (AvgIpc) is 2.27. The monoisotopic (exact) mass is 265 g/mol. The van der Waals surface area contributed by atoms with Crippen molar-refractivity contribution in [1.82, 2.24) is 5.32 Å². The highest BCUT2D eigenvalue weighted by atomic mass is 16.4. The fourth-order valence-corrected chi connectivity index (χ4v) is 1.69. The maximum absolute atomic E-state index is 11.8. The molecule has 1 amide bonds. The maximum atomic E-state index is 11.8. The Hall–Kier alpha value is -2.04. The molecule has 0 aliphatic carbocycles. The SMILES string of the molecule is CC(C)(C)[C@@H](NC(=O)Cc1ccccc1O)C(=O)O. The Morgan fingerprint density at radius 1 is 1.26 bits per heavy atom. The van der Waals surface area contributed by atoms with E-state index in [-0.39, 0.29) is 12.2 Å². The summed E-state index contributed by atoms with van der Waals surface area (Å²) >= 11 is 0. The minimum absolute atomic E-state index is 0.0280. The quantitative estimate of drug-likeness (QED) is 0.771. The van der Waals surface area contributed by atoms with Gasteiger partial charge in [-0.15, -0.1) is 0 Å². The Morgan fingerprint density at radius 3 is 2.32 bits per heavy atom. The number of carboxylic acid groups (broad SMARTS) is 1. The fraction of sp³-hybridized carbons (Fsp3) is 0.429. The van der Waals surface area contributed by atoms with E-state index < -0.39 is 23.3 Å². The molecule has 104 valence electrons. The van der Waals surface area contributed by atoms with Crippen LogP contribution in [0.3, 0.4) is 0 Å². The van der Waals surface area contributed by atoms with Crippen molar-refractivity contribution in [2.24, 2.45) is 5.41 Å². The largest absolute Gasteiger partial charge is 0.508 e. The number of aliphatic carboxylic acids is 1. The van der Waals surface area contributed by atoms with Crippen LogP contribution in [0.15, 0.2) is 24.3 Å². The van der Waals surface area contributed by atoms with Crippen LogP contribution in [0.5, 0.6) is 5.75 Å². The van der Waals surface area contributed by atoms with Crippen molar-refractivity contribution >= 4 is 11.9 Å². The number of amides is 1. The number of carbonyl (C=O) groups excluding carboxylic acids is 1. The van der Waals surface area contributed by atoms with Gasteiger partial charge in [-0.05, 0) is 11.5 Å². The smallest absolute Gasteiger partial charge is 0.326 e. The molecule has 5 nitrogen and oxygen atoms in total. The molecule has 0 aromatic heterocycles. The Bertz CT molecular complexity index is 477. The van der Waals surface area contributed by atoms with Gasteiger partial charge in [-0.1, -0.05) is 39.0 Å². The van der Waals surface area contributed by atoms with Gasteiger partial charge in [-0.2, -0.15) is 0 Å². The van der Waals surface area contributed by atoms with E-state index in [9.17, 15) is 14.7 Å². The molecular formula is C14H19NO4. The molecule has 1 rings (SSSR count). The van der Waals surface area contributed by atoms with E-state index in [4.69, 9.17) is 5.11 Å². The highest BCUT2D eigenvalue weighted by Crippen LogP contribution is 2.20. The standard InChI is InChI=1S/C14H19NO4/c1-14(2,3)12(13(18)19)15-11(17)8-9-6-4-5-7-10(9)16/h4-7,12,16H,8H2,1-3H3,(H,15,17)(H,18,19)/t12-/m0/s1. The molecule has 1 aromatic rings. The third-order valence-electron chi connectivity index (χ3n) is 2.76. The zero-order chi connectivity index (χ0) is 14.6. The van der Waals surface area contributed by atoms with Crippen LogP contribution in [0.4, 0.5) is 0 Å². The van der Waals surface area contributed by atoms with Gasteiger partial charge in [0.2, 0.25) is 5.91 Å². The first kappa shape index (κ1) is 15.0. The van der Waals surface area contributed by atoms with Gasteiger partial charge < -0.3 is 15.5 Å². The Kier molecular flexibility index (Phi) is 4.53. The van der Waals surface area contributed by atoms with Crippen LogP contribution in [0.25, 0.3) is 0 Å². The molecular weight excluding hydrogens is 246 g/mol. The number of aromatic hydroxyl groups is 1. The first-order chi connectivity index (χ1) is 8.71. The Balaban J connectivity index is 2.75. The Morgan fingerprint density at radius 2 is 1.84 bits per heavy atom. The van der Waals surface area contributed by atoms with Gasteiger partial charge in [0, 0.05) is 5.56 Å². The first-order valence-corrected chi connectivity index (χ1v) is 6.01. The normalized spacial score (nSPS) is 12.8. The number of carbonyl (C=O) groups is 2. The summed E-state index contributed by atoms with van der Waals surface area (Å²) in [6.07, 6.45) is -0.0491. The Labute approximate surface area is 112 Å². The van der Waals surface area contributed by atoms with Crippen LogP contribution in [-0.4, -0.2) is 28.1 Å². The van der Waals surface area contributed by atoms with Crippen LogP contribution in [-0.2, 0) is 16.0 Å². The van der Waals surface area contributed by atoms with E-state index >= 15 is 0 Å². The molecule has 0 saturated carbocycles. The molecule has 0 radical (unpaired) electrons. The van der Waals surface area contributed by atoms with Crippen LogP contribution in [0.1, 0.15) is 26.3 Å². The summed E-state index contributed by atoms with van der Waals surface area (Å²) in [5.41, 5.74) is -0.113. The zero-order valence-corrected chi connectivity index (χ0v) is 11.3. The van der Waals surface area contributed by atoms with E-state index in [0.29, 0.717) is 5.56 Å². The molecule has 0 saturated heterocycles. The van der Waals surface area contributed by atoms with Crippen molar-refractivity contribution < 1.29 is 19.8 Å². The van der Waals surface area contributed by atoms with Gasteiger partial charge in [0.25, 0.3) is 0 Å². The third-order valence-corrected chi connectivity index (χ3v) is 2.76. The fourth-order valence-electron chi connectivity index (χ4n) is 1.69. The molecule has 0 heterocycles. The maximum Gasteiger partial charge on any atom is 0.326 e. The predicted molar refractivity (Wildman–Crippen MR) is 70.8 cm³/mol. The lowest BCUT2D eigenvalue weighted by molar-refractivity contribution is -0.144. The number of para-hydroxylation sites is 1. The number of benzene rings is 1. The van der Waals surface area contributed by atoms with Gasteiger partial charge in [-0.3, -0.25) is 4.79 Å². The lowest BCUT2D eigenvalue weighted by Gasteiger charge is -2.27. The number of phenolic OH excluding ortho intramolecular Hbond substituents is 1. The lowest BCUT2D eigenvalue weighted by Crippen LogP contribution is -2.49. The average molecular weight is 265 g/mol. The van der Waals surface area contributed by atoms with Gasteiger partial charge >= 0.3 is 5.97 Å². The van der Waals surface area contributed by atoms with E-state index in [1.165, 1.54) is 6.07 Å². The topological polar surface area (TPSA) is 86.6 Å². The molecule has 0 aliphatic rings. The molecule has 19 heavy (non-hydrogen) atoms. The summed E-state index contributed by atoms with van der Waals surface area (Å²) in [6.45, 7) is 5.23. The highest BCUT2D eigenvalue weighted by molar-refractivity contribution is 5.85. The molecule has 1 atom stereocenters. The summed E-state index contributed by atoms with van der Waals surface area (Å²) in [6, 6.07) is 5.51. The van der Waals surface area contributed by atoms with Crippen LogP contribution >= 0.6 is 0 Å². The van der Waals surface area contributed by atoms with Crippen molar-refractivity contribution in [3.63, 3.8) is 0 Å². The van der Waals surface area contributed by atoms with Gasteiger partial charge in [0.05, 0.1) is 6.42 Å². The van der Waals surface area contributed by atoms with Gasteiger partial charge in [0.1, 0.15) is 11.8 Å². The number of nitrogens with one attached hydrogen (secondary N) is 1. The molecule has 0 spiro atoms. The lowest BCUT2D eigenvalue weighted by atomic mass is 9.86. The number of hydrogen-bond donors (Lipinski definition) is 3. The number of rotatable bonds is 4. The second kappa shape index (κ2) is 5.73. The van der Waals surface area contributed by atoms with Crippen LogP contribution < -0.4 is 5.32 Å². The van der Waals surface area contributed by atoms with Crippen LogP contribution in [0.2, 0.25) is 0 Å². The van der Waals surface area contributed by atoms with E-state index in [1.807, 2.05) is 0 Å². The molecule has 1 aromatic carbocycles. The molecule has 3 N–H and O–H groups in total. The summed E-state index contributed by atoms with van der Waals surface area (Å²) in [7, 11) is 0. The van der Waals surface area contributed by atoms with Crippen molar-refractivity contribution in [2.45, 2.75) is 33.2 Å². The van der Waals surface area contributed by atoms with Crippen molar-refractivity contribution in [1.29, 1.82) is 0 Å². The second-order valence-electron chi connectivity index (χ2n) is 5.51. The third kappa shape index (κ3) is 4.28. The van der Waals surface area contributed by atoms with Crippen LogP contribution in [0, 0.1) is 5.41 Å². The van der Waals surface area contributed by atoms with E-state index in [2.05, 4.69) is 5.32 Å². The summed E-state index contributed by atoms with van der Waals surface area (Å²) in [5.74, 6) is -1.47. The summed E-state index contributed by atoms with van der Waals surface area (Å²) in [5, 5.41) is 21.2. The zero-order valence-electron chi connectivity index (χ0n) is 11.3. The highest BCUT2D eigenvalue weighted by Gasteiger charge is 2.32. The number of hydrogen-bond acceptors (Lipinski definition) is 3. The molecule has 0 bridgehead atoms. The van der Waals surface area contributed by atoms with E-state index in [1.54, 1.807) is 39.0 Å². The van der Waals surface area contributed by atoms with Gasteiger partial charge in [0.15, 0.2) is 0 Å². The summed E-state index contributed by atoms with van der Waals surface area (Å²) in [4.78, 5) is 23.0. The molecule has 0 unspecified atom stereocenters. The molecule has 0 aliphatic heterocycles.